The Balaban J connectivity index is 1.70. The molecule has 4 aliphatic carbocycles. The maximum Gasteiger partial charge on any atom is 0.0582 e. The largest absolute Gasteiger partial charge is 0.393 e. The smallest absolute Gasteiger partial charge is 0.0582 e. The molecule has 8 atom stereocenters. The minimum atomic E-state index is -0.105. The van der Waals surface area contributed by atoms with E-state index in [1.165, 1.54) is 51.4 Å². The van der Waals surface area contributed by atoms with Gasteiger partial charge < -0.3 is 10.8 Å². The van der Waals surface area contributed by atoms with Crippen LogP contribution in [0.4, 0.5) is 0 Å². The van der Waals surface area contributed by atoms with Gasteiger partial charge in [0.1, 0.15) is 0 Å². The van der Waals surface area contributed by atoms with Gasteiger partial charge in [-0.1, -0.05) is 26.7 Å². The normalized spacial score (nSPS) is 60.0. The fraction of sp³-hybridized carbons (Fsp3) is 1.00. The van der Waals surface area contributed by atoms with E-state index in [4.69, 9.17) is 5.73 Å². The predicted molar refractivity (Wildman–Crippen MR) is 85.7 cm³/mol. The monoisotopic (exact) mass is 291 g/mol. The van der Waals surface area contributed by atoms with Crippen LogP contribution in [0.25, 0.3) is 0 Å². The number of nitrogens with two attached hydrogens (primary N) is 1. The summed E-state index contributed by atoms with van der Waals surface area (Å²) in [4.78, 5) is 0. The van der Waals surface area contributed by atoms with Crippen molar-refractivity contribution < 1.29 is 5.11 Å². The molecule has 0 saturated heterocycles. The third kappa shape index (κ3) is 1.84. The zero-order valence-corrected chi connectivity index (χ0v) is 13.9. The first-order valence-electron chi connectivity index (χ1n) is 9.40. The third-order valence-electron chi connectivity index (χ3n) is 8.58. The Bertz CT molecular complexity index is 424. The van der Waals surface area contributed by atoms with E-state index in [2.05, 4.69) is 13.8 Å². The Morgan fingerprint density at radius 3 is 2.57 bits per heavy atom. The van der Waals surface area contributed by atoms with E-state index in [1.54, 1.807) is 0 Å². The van der Waals surface area contributed by atoms with Gasteiger partial charge in [0.25, 0.3) is 0 Å². The molecule has 4 rings (SSSR count). The minimum absolute atomic E-state index is 0.105. The van der Waals surface area contributed by atoms with Gasteiger partial charge >= 0.3 is 0 Å². The lowest BCUT2D eigenvalue weighted by molar-refractivity contribution is -0.164. The fourth-order valence-corrected chi connectivity index (χ4v) is 7.46. The molecule has 2 heteroatoms. The Kier molecular flexibility index (Phi) is 3.25. The molecule has 4 fully saturated rings. The molecule has 0 aromatic carbocycles. The number of aliphatic hydroxyl groups is 1. The van der Waals surface area contributed by atoms with E-state index in [0.717, 1.165) is 24.2 Å². The van der Waals surface area contributed by atoms with Crippen molar-refractivity contribution in [2.24, 2.45) is 40.2 Å². The van der Waals surface area contributed by atoms with E-state index < -0.39 is 0 Å². The number of aliphatic hydroxyl groups excluding tert-OH is 1. The Hall–Kier alpha value is -0.0800. The van der Waals surface area contributed by atoms with Crippen molar-refractivity contribution in [1.82, 2.24) is 0 Å². The van der Waals surface area contributed by atoms with Gasteiger partial charge in [0.15, 0.2) is 0 Å². The Morgan fingerprint density at radius 1 is 0.952 bits per heavy atom. The van der Waals surface area contributed by atoms with Crippen LogP contribution < -0.4 is 5.73 Å². The topological polar surface area (TPSA) is 46.2 Å². The molecule has 1 unspecified atom stereocenters. The van der Waals surface area contributed by atoms with E-state index in [9.17, 15) is 5.11 Å². The fourth-order valence-electron chi connectivity index (χ4n) is 7.46. The van der Waals surface area contributed by atoms with Crippen LogP contribution in [0.5, 0.6) is 0 Å². The molecule has 4 aliphatic rings. The zero-order valence-electron chi connectivity index (χ0n) is 13.9. The van der Waals surface area contributed by atoms with E-state index in [-0.39, 0.29) is 11.5 Å². The minimum Gasteiger partial charge on any atom is -0.393 e. The van der Waals surface area contributed by atoms with Crippen molar-refractivity contribution in [3.8, 4) is 0 Å². The summed E-state index contributed by atoms with van der Waals surface area (Å²) in [6.45, 7) is 4.90. The first-order chi connectivity index (χ1) is 9.97. The molecule has 4 saturated carbocycles. The van der Waals surface area contributed by atoms with Gasteiger partial charge in [-0.3, -0.25) is 0 Å². The van der Waals surface area contributed by atoms with Crippen molar-refractivity contribution in [3.05, 3.63) is 0 Å². The van der Waals surface area contributed by atoms with Crippen LogP contribution >= 0.6 is 0 Å². The summed E-state index contributed by atoms with van der Waals surface area (Å²) in [5.74, 6) is 2.95. The maximum absolute atomic E-state index is 11.1. The summed E-state index contributed by atoms with van der Waals surface area (Å²) in [5.41, 5.74) is 7.08. The van der Waals surface area contributed by atoms with Gasteiger partial charge in [-0.05, 0) is 79.4 Å². The molecular weight excluding hydrogens is 258 g/mol. The summed E-state index contributed by atoms with van der Waals surface area (Å²) in [7, 11) is 0. The first-order valence-corrected chi connectivity index (χ1v) is 9.40. The average Bonchev–Trinajstić information content (AvgIpc) is 2.73. The van der Waals surface area contributed by atoms with Crippen molar-refractivity contribution in [3.63, 3.8) is 0 Å². The van der Waals surface area contributed by atoms with E-state index in [1.807, 2.05) is 0 Å². The summed E-state index contributed by atoms with van der Waals surface area (Å²) in [6.07, 6.45) is 11.7. The van der Waals surface area contributed by atoms with Crippen LogP contribution in [0.1, 0.15) is 71.6 Å². The lowest BCUT2D eigenvalue weighted by atomic mass is 9.44. The SMILES string of the molecule is C[C@]12CCCC[C@@H]1CC[C@H]1[C@@H]3CC[C@H](N)[C@@]3(C)CC(O)[C@@H]12. The summed E-state index contributed by atoms with van der Waals surface area (Å²) < 4.78 is 0. The summed E-state index contributed by atoms with van der Waals surface area (Å²) in [5, 5.41) is 11.1. The molecule has 0 aliphatic heterocycles. The zero-order chi connectivity index (χ0) is 14.8. The van der Waals surface area contributed by atoms with Gasteiger partial charge in [-0.2, -0.15) is 0 Å². The molecule has 0 heterocycles. The Morgan fingerprint density at radius 2 is 1.76 bits per heavy atom. The van der Waals surface area contributed by atoms with Crippen molar-refractivity contribution in [2.75, 3.05) is 0 Å². The van der Waals surface area contributed by atoms with Crippen LogP contribution in [0.15, 0.2) is 0 Å². The molecule has 0 amide bonds. The van der Waals surface area contributed by atoms with Crippen LogP contribution in [-0.2, 0) is 0 Å². The lowest BCUT2D eigenvalue weighted by Crippen LogP contribution is -2.59. The predicted octanol–water partition coefficient (Wildman–Crippen LogP) is 3.72. The molecule has 3 N–H and O–H groups in total. The third-order valence-corrected chi connectivity index (χ3v) is 8.58. The molecule has 0 aromatic rings. The second-order valence-electron chi connectivity index (χ2n) is 9.28. The molecule has 0 bridgehead atoms. The quantitative estimate of drug-likeness (QED) is 0.714. The van der Waals surface area contributed by atoms with Gasteiger partial charge in [-0.25, -0.2) is 0 Å². The molecule has 0 radical (unpaired) electrons. The number of rotatable bonds is 0. The van der Waals surface area contributed by atoms with Gasteiger partial charge in [0.05, 0.1) is 6.10 Å². The summed E-state index contributed by atoms with van der Waals surface area (Å²) in [6, 6.07) is 0.315. The van der Waals surface area contributed by atoms with Crippen LogP contribution in [-0.4, -0.2) is 17.3 Å². The number of fused-ring (bicyclic) bond motifs is 5. The lowest BCUT2D eigenvalue weighted by Gasteiger charge is -2.61. The molecular formula is C19H33NO. The highest BCUT2D eigenvalue weighted by Crippen LogP contribution is 2.65. The van der Waals surface area contributed by atoms with Gasteiger partial charge in [0, 0.05) is 6.04 Å². The molecule has 2 nitrogen and oxygen atoms in total. The number of hydrogen-bond donors (Lipinski definition) is 2. The molecule has 120 valence electrons. The first kappa shape index (κ1) is 14.5. The highest BCUT2D eigenvalue weighted by Gasteiger charge is 2.61. The van der Waals surface area contributed by atoms with Crippen molar-refractivity contribution in [2.45, 2.75) is 83.8 Å². The molecule has 0 aromatic heterocycles. The van der Waals surface area contributed by atoms with E-state index >= 15 is 0 Å². The van der Waals surface area contributed by atoms with Crippen LogP contribution in [0, 0.1) is 34.5 Å². The van der Waals surface area contributed by atoms with Crippen molar-refractivity contribution in [1.29, 1.82) is 0 Å². The molecule has 21 heavy (non-hydrogen) atoms. The molecule has 0 spiro atoms. The van der Waals surface area contributed by atoms with E-state index in [0.29, 0.717) is 17.4 Å². The van der Waals surface area contributed by atoms with Crippen LogP contribution in [0.2, 0.25) is 0 Å². The average molecular weight is 291 g/mol. The Labute approximate surface area is 129 Å². The summed E-state index contributed by atoms with van der Waals surface area (Å²) >= 11 is 0. The highest BCUT2D eigenvalue weighted by atomic mass is 16.3. The van der Waals surface area contributed by atoms with Crippen LogP contribution in [0.3, 0.4) is 0 Å². The second kappa shape index (κ2) is 4.71. The second-order valence-corrected chi connectivity index (χ2v) is 9.28. The van der Waals surface area contributed by atoms with Gasteiger partial charge in [-0.15, -0.1) is 0 Å². The highest BCUT2D eigenvalue weighted by molar-refractivity contribution is 5.12. The number of hydrogen-bond acceptors (Lipinski definition) is 2. The van der Waals surface area contributed by atoms with Gasteiger partial charge in [0.2, 0.25) is 0 Å². The maximum atomic E-state index is 11.1. The standard InChI is InChI=1S/C19H33NO/c1-18-10-4-3-5-12(18)6-7-13-14-8-9-16(20)19(14,2)11-15(21)17(13)18/h12-17,21H,3-11,20H2,1-2H3/t12-,13+,14+,15?,16+,17-,18+,19+/m1/s1. The van der Waals surface area contributed by atoms with Crippen molar-refractivity contribution >= 4 is 0 Å².